The van der Waals surface area contributed by atoms with E-state index in [9.17, 15) is 4.79 Å². The van der Waals surface area contributed by atoms with Gasteiger partial charge in [0.15, 0.2) is 12.0 Å². The minimum Gasteiger partial charge on any atom is -0.443 e. The van der Waals surface area contributed by atoms with Gasteiger partial charge in [0, 0.05) is 18.2 Å². The number of oxazole rings is 1. The maximum Gasteiger partial charge on any atom is 0.224 e. The van der Waals surface area contributed by atoms with Gasteiger partial charge in [-0.25, -0.2) is 4.98 Å². The van der Waals surface area contributed by atoms with E-state index in [1.165, 1.54) is 6.39 Å². The van der Waals surface area contributed by atoms with Crippen molar-refractivity contribution in [2.24, 2.45) is 11.7 Å². The van der Waals surface area contributed by atoms with Gasteiger partial charge in [-0.2, -0.15) is 0 Å². The number of nitrogens with two attached hydrogens (primary N) is 1. The van der Waals surface area contributed by atoms with E-state index in [4.69, 9.17) is 10.2 Å². The first kappa shape index (κ1) is 11.6. The molecule has 5 heteroatoms. The Kier molecular flexibility index (Phi) is 3.39. The molecule has 0 aliphatic rings. The zero-order valence-corrected chi connectivity index (χ0v) is 9.64. The van der Waals surface area contributed by atoms with Crippen molar-refractivity contribution in [2.75, 3.05) is 11.9 Å². The molecular weight excluding hydrogens is 218 g/mol. The molecule has 1 aromatic heterocycles. The van der Waals surface area contributed by atoms with Crippen LogP contribution in [0.1, 0.15) is 13.3 Å². The van der Waals surface area contributed by atoms with Gasteiger partial charge in [0.1, 0.15) is 5.52 Å². The van der Waals surface area contributed by atoms with Crippen LogP contribution in [-0.4, -0.2) is 17.4 Å². The number of carbonyl (C=O) groups excluding carboxylic acids is 1. The molecule has 0 aliphatic heterocycles. The summed E-state index contributed by atoms with van der Waals surface area (Å²) in [5.41, 5.74) is 7.62. The molecule has 0 radical (unpaired) electrons. The topological polar surface area (TPSA) is 81.2 Å². The smallest absolute Gasteiger partial charge is 0.224 e. The molecule has 0 fully saturated rings. The number of nitrogens with one attached hydrogen (secondary N) is 1. The van der Waals surface area contributed by atoms with Crippen LogP contribution in [0.2, 0.25) is 0 Å². The number of anilines is 1. The van der Waals surface area contributed by atoms with E-state index in [-0.39, 0.29) is 11.8 Å². The predicted molar refractivity (Wildman–Crippen MR) is 65.5 cm³/mol. The molecule has 1 amide bonds. The Balaban J connectivity index is 2.05. The summed E-state index contributed by atoms with van der Waals surface area (Å²) in [6.07, 6.45) is 1.80. The van der Waals surface area contributed by atoms with Crippen LogP contribution in [0.3, 0.4) is 0 Å². The Morgan fingerprint density at radius 3 is 3.18 bits per heavy atom. The van der Waals surface area contributed by atoms with Crippen LogP contribution in [-0.2, 0) is 4.79 Å². The number of benzene rings is 1. The zero-order valence-electron chi connectivity index (χ0n) is 9.64. The maximum absolute atomic E-state index is 11.6. The molecule has 0 saturated heterocycles. The standard InChI is InChI=1S/C12H15N3O2/c1-8(6-13)4-12(16)15-9-2-3-10-11(5-9)17-7-14-10/h2-3,5,7-8H,4,6,13H2,1H3,(H,15,16). The Bertz CT molecular complexity index is 521. The molecule has 1 heterocycles. The summed E-state index contributed by atoms with van der Waals surface area (Å²) in [6, 6.07) is 5.37. The number of rotatable bonds is 4. The van der Waals surface area contributed by atoms with Crippen molar-refractivity contribution >= 4 is 22.7 Å². The van der Waals surface area contributed by atoms with E-state index in [0.717, 1.165) is 5.52 Å². The average Bonchev–Trinajstić information content (AvgIpc) is 2.75. The normalized spacial score (nSPS) is 12.6. The molecular formula is C12H15N3O2. The highest BCUT2D eigenvalue weighted by Crippen LogP contribution is 2.18. The average molecular weight is 233 g/mol. The predicted octanol–water partition coefficient (Wildman–Crippen LogP) is 1.75. The van der Waals surface area contributed by atoms with Crippen molar-refractivity contribution in [2.45, 2.75) is 13.3 Å². The third kappa shape index (κ3) is 2.82. The van der Waals surface area contributed by atoms with E-state index in [1.807, 2.05) is 6.92 Å². The Hall–Kier alpha value is -1.88. The monoisotopic (exact) mass is 233 g/mol. The molecule has 2 aromatic rings. The number of amides is 1. The second-order valence-corrected chi connectivity index (χ2v) is 4.13. The second-order valence-electron chi connectivity index (χ2n) is 4.13. The van der Waals surface area contributed by atoms with Crippen LogP contribution >= 0.6 is 0 Å². The SMILES string of the molecule is CC(CN)CC(=O)Nc1ccc2ncoc2c1. The number of fused-ring (bicyclic) bond motifs is 1. The summed E-state index contributed by atoms with van der Waals surface area (Å²) in [4.78, 5) is 15.6. The van der Waals surface area contributed by atoms with Crippen molar-refractivity contribution in [1.29, 1.82) is 0 Å². The molecule has 0 bridgehead atoms. The third-order valence-corrected chi connectivity index (χ3v) is 2.55. The molecule has 0 saturated carbocycles. The van der Waals surface area contributed by atoms with Crippen molar-refractivity contribution in [1.82, 2.24) is 4.98 Å². The van der Waals surface area contributed by atoms with Crippen LogP contribution in [0, 0.1) is 5.92 Å². The fourth-order valence-corrected chi connectivity index (χ4v) is 1.54. The third-order valence-electron chi connectivity index (χ3n) is 2.55. The first-order chi connectivity index (χ1) is 8.19. The van der Waals surface area contributed by atoms with E-state index in [2.05, 4.69) is 10.3 Å². The largest absolute Gasteiger partial charge is 0.443 e. The van der Waals surface area contributed by atoms with Gasteiger partial charge in [-0.05, 0) is 24.6 Å². The zero-order chi connectivity index (χ0) is 12.3. The lowest BCUT2D eigenvalue weighted by atomic mass is 10.1. The molecule has 1 aromatic carbocycles. The van der Waals surface area contributed by atoms with Gasteiger partial charge >= 0.3 is 0 Å². The molecule has 3 N–H and O–H groups in total. The number of hydrogen-bond donors (Lipinski definition) is 2. The lowest BCUT2D eigenvalue weighted by Crippen LogP contribution is -2.19. The van der Waals surface area contributed by atoms with Crippen molar-refractivity contribution in [3.63, 3.8) is 0 Å². The number of aromatic nitrogens is 1. The molecule has 17 heavy (non-hydrogen) atoms. The highest BCUT2D eigenvalue weighted by Gasteiger charge is 2.08. The van der Waals surface area contributed by atoms with Gasteiger partial charge in [-0.3, -0.25) is 4.79 Å². The minimum absolute atomic E-state index is 0.0400. The lowest BCUT2D eigenvalue weighted by molar-refractivity contribution is -0.116. The summed E-state index contributed by atoms with van der Waals surface area (Å²) in [5.74, 6) is 0.144. The van der Waals surface area contributed by atoms with Crippen LogP contribution in [0.25, 0.3) is 11.1 Å². The lowest BCUT2D eigenvalue weighted by Gasteiger charge is -2.08. The van der Waals surface area contributed by atoms with Crippen molar-refractivity contribution in [3.8, 4) is 0 Å². The van der Waals surface area contributed by atoms with Crippen LogP contribution in [0.4, 0.5) is 5.69 Å². The highest BCUT2D eigenvalue weighted by molar-refractivity contribution is 5.92. The van der Waals surface area contributed by atoms with E-state index in [0.29, 0.717) is 24.2 Å². The van der Waals surface area contributed by atoms with Crippen LogP contribution in [0.15, 0.2) is 29.0 Å². The van der Waals surface area contributed by atoms with Gasteiger partial charge < -0.3 is 15.5 Å². The first-order valence-electron chi connectivity index (χ1n) is 5.52. The van der Waals surface area contributed by atoms with Gasteiger partial charge in [0.25, 0.3) is 0 Å². The fraction of sp³-hybridized carbons (Fsp3) is 0.333. The van der Waals surface area contributed by atoms with E-state index in [1.54, 1.807) is 18.2 Å². The Morgan fingerprint density at radius 1 is 1.59 bits per heavy atom. The van der Waals surface area contributed by atoms with Crippen LogP contribution < -0.4 is 11.1 Å². The van der Waals surface area contributed by atoms with Gasteiger partial charge in [0.2, 0.25) is 5.91 Å². The van der Waals surface area contributed by atoms with Crippen molar-refractivity contribution in [3.05, 3.63) is 24.6 Å². The summed E-state index contributed by atoms with van der Waals surface area (Å²) in [6.45, 7) is 2.45. The molecule has 2 rings (SSSR count). The van der Waals surface area contributed by atoms with E-state index >= 15 is 0 Å². The molecule has 1 atom stereocenters. The van der Waals surface area contributed by atoms with Gasteiger partial charge in [-0.15, -0.1) is 0 Å². The first-order valence-corrected chi connectivity index (χ1v) is 5.52. The Labute approximate surface area is 99.0 Å². The van der Waals surface area contributed by atoms with Crippen molar-refractivity contribution < 1.29 is 9.21 Å². The van der Waals surface area contributed by atoms with Gasteiger partial charge in [-0.1, -0.05) is 6.92 Å². The number of carbonyl (C=O) groups is 1. The number of nitrogens with zero attached hydrogens (tertiary/aromatic N) is 1. The Morgan fingerprint density at radius 2 is 2.41 bits per heavy atom. The maximum atomic E-state index is 11.6. The highest BCUT2D eigenvalue weighted by atomic mass is 16.3. The molecule has 0 aliphatic carbocycles. The summed E-state index contributed by atoms with van der Waals surface area (Å²) in [7, 11) is 0. The van der Waals surface area contributed by atoms with Crippen LogP contribution in [0.5, 0.6) is 0 Å². The minimum atomic E-state index is -0.0400. The molecule has 90 valence electrons. The molecule has 1 unspecified atom stereocenters. The number of hydrogen-bond acceptors (Lipinski definition) is 4. The molecule has 5 nitrogen and oxygen atoms in total. The van der Waals surface area contributed by atoms with E-state index < -0.39 is 0 Å². The second kappa shape index (κ2) is 4.97. The summed E-state index contributed by atoms with van der Waals surface area (Å²) >= 11 is 0. The molecule has 0 spiro atoms. The quantitative estimate of drug-likeness (QED) is 0.843. The fourth-order valence-electron chi connectivity index (χ4n) is 1.54. The van der Waals surface area contributed by atoms with Gasteiger partial charge in [0.05, 0.1) is 0 Å². The summed E-state index contributed by atoms with van der Waals surface area (Å²) in [5, 5.41) is 2.81. The summed E-state index contributed by atoms with van der Waals surface area (Å²) < 4.78 is 5.16.